The summed E-state index contributed by atoms with van der Waals surface area (Å²) >= 11 is 0. The second kappa shape index (κ2) is 4.08. The zero-order valence-corrected chi connectivity index (χ0v) is 8.43. The summed E-state index contributed by atoms with van der Waals surface area (Å²) in [5.41, 5.74) is -0.119. The summed E-state index contributed by atoms with van der Waals surface area (Å²) in [6.45, 7) is 3.57. The van der Waals surface area contributed by atoms with E-state index in [9.17, 15) is 14.9 Å². The maximum absolute atomic E-state index is 10.8. The van der Waals surface area contributed by atoms with Gasteiger partial charge in [0.2, 0.25) is 0 Å². The van der Waals surface area contributed by atoms with E-state index in [1.165, 1.54) is 12.1 Å². The van der Waals surface area contributed by atoms with Crippen molar-refractivity contribution in [1.82, 2.24) is 0 Å². The number of nitro benzene ring substituents is 1. The number of carbonyl (C=O) groups is 1. The lowest BCUT2D eigenvalue weighted by Crippen LogP contribution is -2.06. The molecule has 0 saturated heterocycles. The molecule has 5 nitrogen and oxygen atoms in total. The maximum atomic E-state index is 10.8. The standard InChI is InChI=1S/C10H11NO4/c1-6(2)7-4-3-5-8(10(12)13)9(7)11(14)15/h3-6H,1-2H3,(H,12,13). The highest BCUT2D eigenvalue weighted by Gasteiger charge is 2.24. The number of carboxylic acid groups (broad SMARTS) is 1. The molecule has 0 heterocycles. The van der Waals surface area contributed by atoms with Crippen molar-refractivity contribution in [1.29, 1.82) is 0 Å². The molecule has 0 aliphatic heterocycles. The fourth-order valence-electron chi connectivity index (χ4n) is 1.40. The molecule has 0 amide bonds. The molecule has 1 aromatic carbocycles. The van der Waals surface area contributed by atoms with Crippen LogP contribution < -0.4 is 0 Å². The first-order valence-corrected chi connectivity index (χ1v) is 4.45. The van der Waals surface area contributed by atoms with Gasteiger partial charge in [-0.05, 0) is 12.0 Å². The lowest BCUT2D eigenvalue weighted by atomic mass is 9.98. The Bertz CT molecular complexity index is 412. The lowest BCUT2D eigenvalue weighted by Gasteiger charge is -2.07. The number of aromatic carboxylic acids is 1. The van der Waals surface area contributed by atoms with Gasteiger partial charge in [0.25, 0.3) is 5.69 Å². The van der Waals surface area contributed by atoms with Gasteiger partial charge in [0.15, 0.2) is 0 Å². The molecule has 1 rings (SSSR count). The normalized spacial score (nSPS) is 10.3. The van der Waals surface area contributed by atoms with Gasteiger partial charge in [-0.3, -0.25) is 10.1 Å². The minimum Gasteiger partial charge on any atom is -0.477 e. The molecule has 0 spiro atoms. The molecule has 0 aromatic heterocycles. The number of hydrogen-bond acceptors (Lipinski definition) is 3. The van der Waals surface area contributed by atoms with E-state index in [1.807, 2.05) is 0 Å². The van der Waals surface area contributed by atoms with Gasteiger partial charge in [-0.1, -0.05) is 26.0 Å². The first-order valence-electron chi connectivity index (χ1n) is 4.45. The molecule has 5 heteroatoms. The Morgan fingerprint density at radius 3 is 2.47 bits per heavy atom. The number of nitrogens with zero attached hydrogens (tertiary/aromatic N) is 1. The molecule has 1 aromatic rings. The number of carboxylic acids is 1. The largest absolute Gasteiger partial charge is 0.477 e. The fraction of sp³-hybridized carbons (Fsp3) is 0.300. The van der Waals surface area contributed by atoms with E-state index in [4.69, 9.17) is 5.11 Å². The third-order valence-corrected chi connectivity index (χ3v) is 2.10. The average Bonchev–Trinajstić information content (AvgIpc) is 2.16. The van der Waals surface area contributed by atoms with Gasteiger partial charge < -0.3 is 5.11 Å². The van der Waals surface area contributed by atoms with Gasteiger partial charge >= 0.3 is 5.97 Å². The summed E-state index contributed by atoms with van der Waals surface area (Å²) in [6, 6.07) is 4.34. The van der Waals surface area contributed by atoms with Gasteiger partial charge in [-0.2, -0.15) is 0 Å². The number of rotatable bonds is 3. The van der Waals surface area contributed by atoms with Crippen LogP contribution in [0.4, 0.5) is 5.69 Å². The highest BCUT2D eigenvalue weighted by atomic mass is 16.6. The van der Waals surface area contributed by atoms with E-state index in [0.717, 1.165) is 0 Å². The molecule has 15 heavy (non-hydrogen) atoms. The Morgan fingerprint density at radius 1 is 1.47 bits per heavy atom. The lowest BCUT2D eigenvalue weighted by molar-refractivity contribution is -0.386. The van der Waals surface area contributed by atoms with Crippen LogP contribution in [0.1, 0.15) is 35.7 Å². The van der Waals surface area contributed by atoms with Crippen molar-refractivity contribution in [3.63, 3.8) is 0 Å². The van der Waals surface area contributed by atoms with Crippen LogP contribution >= 0.6 is 0 Å². The van der Waals surface area contributed by atoms with Crippen molar-refractivity contribution in [2.75, 3.05) is 0 Å². The van der Waals surface area contributed by atoms with Crippen LogP contribution in [-0.4, -0.2) is 16.0 Å². The monoisotopic (exact) mass is 209 g/mol. The van der Waals surface area contributed by atoms with Crippen LogP contribution in [0.5, 0.6) is 0 Å². The Balaban J connectivity index is 3.48. The molecule has 0 aliphatic rings. The average molecular weight is 209 g/mol. The Labute approximate surface area is 86.5 Å². The summed E-state index contributed by atoms with van der Waals surface area (Å²) in [6.07, 6.45) is 0. The number of benzene rings is 1. The van der Waals surface area contributed by atoms with Crippen molar-refractivity contribution >= 4 is 11.7 Å². The maximum Gasteiger partial charge on any atom is 0.342 e. The Morgan fingerprint density at radius 2 is 2.07 bits per heavy atom. The molecule has 1 N–H and O–H groups in total. The summed E-state index contributed by atoms with van der Waals surface area (Å²) in [5.74, 6) is -1.35. The Kier molecular flexibility index (Phi) is 3.04. The van der Waals surface area contributed by atoms with Crippen molar-refractivity contribution in [2.24, 2.45) is 0 Å². The van der Waals surface area contributed by atoms with E-state index in [-0.39, 0.29) is 17.2 Å². The first kappa shape index (κ1) is 11.2. The second-order valence-corrected chi connectivity index (χ2v) is 3.46. The minimum absolute atomic E-state index is 0.0790. The fourth-order valence-corrected chi connectivity index (χ4v) is 1.40. The minimum atomic E-state index is -1.27. The van der Waals surface area contributed by atoms with Crippen LogP contribution in [0, 0.1) is 10.1 Å². The zero-order valence-electron chi connectivity index (χ0n) is 8.43. The number of hydrogen-bond donors (Lipinski definition) is 1. The predicted molar refractivity (Wildman–Crippen MR) is 54.1 cm³/mol. The van der Waals surface area contributed by atoms with Crippen LogP contribution in [0.2, 0.25) is 0 Å². The van der Waals surface area contributed by atoms with E-state index >= 15 is 0 Å². The van der Waals surface area contributed by atoms with Crippen LogP contribution in [0.3, 0.4) is 0 Å². The zero-order chi connectivity index (χ0) is 11.6. The third kappa shape index (κ3) is 2.12. The summed E-state index contributed by atoms with van der Waals surface area (Å²) in [7, 11) is 0. The molecule has 0 unspecified atom stereocenters. The molecule has 80 valence electrons. The molecular formula is C10H11NO4. The molecule has 0 radical (unpaired) electrons. The van der Waals surface area contributed by atoms with E-state index in [2.05, 4.69) is 0 Å². The SMILES string of the molecule is CC(C)c1cccc(C(=O)O)c1[N+](=O)[O-]. The quantitative estimate of drug-likeness (QED) is 0.612. The van der Waals surface area contributed by atoms with E-state index in [0.29, 0.717) is 5.56 Å². The van der Waals surface area contributed by atoms with Gasteiger partial charge in [0.1, 0.15) is 5.56 Å². The van der Waals surface area contributed by atoms with Gasteiger partial charge in [0.05, 0.1) is 4.92 Å². The van der Waals surface area contributed by atoms with E-state index < -0.39 is 10.9 Å². The van der Waals surface area contributed by atoms with Gasteiger partial charge in [-0.15, -0.1) is 0 Å². The highest BCUT2D eigenvalue weighted by molar-refractivity contribution is 5.93. The molecule has 0 atom stereocenters. The topological polar surface area (TPSA) is 80.4 Å². The number of para-hydroxylation sites is 1. The number of nitro groups is 1. The van der Waals surface area contributed by atoms with Crippen molar-refractivity contribution < 1.29 is 14.8 Å². The summed E-state index contributed by atoms with van der Waals surface area (Å²) in [4.78, 5) is 21.0. The molecule has 0 bridgehead atoms. The predicted octanol–water partition coefficient (Wildman–Crippen LogP) is 2.42. The molecule has 0 aliphatic carbocycles. The first-order chi connectivity index (χ1) is 6.95. The van der Waals surface area contributed by atoms with Gasteiger partial charge in [0, 0.05) is 5.56 Å². The van der Waals surface area contributed by atoms with Crippen molar-refractivity contribution in [3.8, 4) is 0 Å². The molecule has 0 saturated carbocycles. The highest BCUT2D eigenvalue weighted by Crippen LogP contribution is 2.29. The van der Waals surface area contributed by atoms with Crippen molar-refractivity contribution in [3.05, 3.63) is 39.4 Å². The van der Waals surface area contributed by atoms with Crippen LogP contribution in [0.25, 0.3) is 0 Å². The Hall–Kier alpha value is -1.91. The van der Waals surface area contributed by atoms with Crippen LogP contribution in [-0.2, 0) is 0 Å². The summed E-state index contributed by atoms with van der Waals surface area (Å²) in [5, 5.41) is 19.6. The van der Waals surface area contributed by atoms with E-state index in [1.54, 1.807) is 19.9 Å². The van der Waals surface area contributed by atoms with Crippen LogP contribution in [0.15, 0.2) is 18.2 Å². The molecular weight excluding hydrogens is 198 g/mol. The van der Waals surface area contributed by atoms with Gasteiger partial charge in [-0.25, -0.2) is 4.79 Å². The van der Waals surface area contributed by atoms with Crippen molar-refractivity contribution in [2.45, 2.75) is 19.8 Å². The third-order valence-electron chi connectivity index (χ3n) is 2.10. The molecule has 0 fully saturated rings. The second-order valence-electron chi connectivity index (χ2n) is 3.46. The summed E-state index contributed by atoms with van der Waals surface area (Å²) < 4.78 is 0. The smallest absolute Gasteiger partial charge is 0.342 e.